The first-order valence-electron chi connectivity index (χ1n) is 5.33. The van der Waals surface area contributed by atoms with E-state index in [0.29, 0.717) is 38.4 Å². The van der Waals surface area contributed by atoms with Crippen molar-refractivity contribution in [2.75, 3.05) is 26.3 Å². The lowest BCUT2D eigenvalue weighted by Crippen LogP contribution is -2.28. The fourth-order valence-electron chi connectivity index (χ4n) is 1.54. The molecule has 2 heterocycles. The lowest BCUT2D eigenvalue weighted by molar-refractivity contribution is 0.311. The van der Waals surface area contributed by atoms with Gasteiger partial charge in [-0.15, -0.1) is 0 Å². The van der Waals surface area contributed by atoms with Crippen LogP contribution in [0, 0.1) is 0 Å². The van der Waals surface area contributed by atoms with Gasteiger partial charge in [-0.1, -0.05) is 0 Å². The van der Waals surface area contributed by atoms with Gasteiger partial charge in [-0.2, -0.15) is 0 Å². The molecule has 0 unspecified atom stereocenters. The summed E-state index contributed by atoms with van der Waals surface area (Å²) in [5.41, 5.74) is 0. The Morgan fingerprint density at radius 2 is 1.53 bits per heavy atom. The fraction of sp³-hybridized carbons (Fsp3) is 0.800. The maximum atomic E-state index is 5.36. The first kappa shape index (κ1) is 10.4. The van der Waals surface area contributed by atoms with Crippen LogP contribution in [0.15, 0.2) is 9.98 Å². The Kier molecular flexibility index (Phi) is 3.20. The molecule has 0 saturated heterocycles. The van der Waals surface area contributed by atoms with E-state index < -0.39 is 0 Å². The van der Waals surface area contributed by atoms with E-state index in [1.54, 1.807) is 0 Å². The summed E-state index contributed by atoms with van der Waals surface area (Å²) in [5, 5.41) is 3.20. The van der Waals surface area contributed by atoms with Gasteiger partial charge in [0.25, 0.3) is 0 Å². The van der Waals surface area contributed by atoms with Crippen LogP contribution in [-0.4, -0.2) is 50.2 Å². The molecule has 2 rings (SSSR count). The van der Waals surface area contributed by atoms with Crippen LogP contribution in [-0.2, 0) is 9.47 Å². The van der Waals surface area contributed by atoms with Gasteiger partial charge in [0.05, 0.1) is 25.2 Å². The molecule has 2 aliphatic heterocycles. The number of ether oxygens (including phenoxy) is 2. The van der Waals surface area contributed by atoms with Crippen LogP contribution < -0.4 is 5.32 Å². The Morgan fingerprint density at radius 3 is 1.87 bits per heavy atom. The summed E-state index contributed by atoms with van der Waals surface area (Å²) in [7, 11) is 0. The molecular formula is C10H17N3O2. The summed E-state index contributed by atoms with van der Waals surface area (Å²) in [6.07, 6.45) is 0. The number of nitrogens with zero attached hydrogens (tertiary/aromatic N) is 2. The van der Waals surface area contributed by atoms with E-state index in [1.165, 1.54) is 0 Å². The molecule has 0 amide bonds. The summed E-state index contributed by atoms with van der Waals surface area (Å²) in [5.74, 6) is 1.57. The van der Waals surface area contributed by atoms with Crippen molar-refractivity contribution in [2.45, 2.75) is 25.9 Å². The highest BCUT2D eigenvalue weighted by molar-refractivity contribution is 5.82. The predicted molar refractivity (Wildman–Crippen MR) is 58.6 cm³/mol. The van der Waals surface area contributed by atoms with Crippen LogP contribution in [0.2, 0.25) is 0 Å². The minimum absolute atomic E-state index is 0.293. The van der Waals surface area contributed by atoms with E-state index in [9.17, 15) is 0 Å². The highest BCUT2D eigenvalue weighted by Gasteiger charge is 2.16. The van der Waals surface area contributed by atoms with Crippen LogP contribution in [0.25, 0.3) is 0 Å². The Bertz CT molecular complexity index is 260. The summed E-state index contributed by atoms with van der Waals surface area (Å²) in [4.78, 5) is 8.64. The lowest BCUT2D eigenvalue weighted by Gasteiger charge is -2.04. The first-order chi connectivity index (χ1) is 7.24. The van der Waals surface area contributed by atoms with E-state index >= 15 is 0 Å². The van der Waals surface area contributed by atoms with E-state index in [4.69, 9.17) is 9.47 Å². The third kappa shape index (κ3) is 2.92. The minimum Gasteiger partial charge on any atom is -0.478 e. The normalized spacial score (nSPS) is 29.5. The van der Waals surface area contributed by atoms with Gasteiger partial charge in [0.1, 0.15) is 13.2 Å². The van der Waals surface area contributed by atoms with Crippen molar-refractivity contribution >= 4 is 11.8 Å². The summed E-state index contributed by atoms with van der Waals surface area (Å²) >= 11 is 0. The van der Waals surface area contributed by atoms with Crippen LogP contribution in [0.1, 0.15) is 13.8 Å². The standard InChI is InChI=1S/C10H17N3O2/c1-7-5-14-9(12-7)3-11-4-10-13-8(2)6-15-10/h7-8,11H,3-6H2,1-2H3/t7-,8-/m1/s1. The Balaban J connectivity index is 1.67. The van der Waals surface area contributed by atoms with Crippen molar-refractivity contribution in [3.05, 3.63) is 0 Å². The average molecular weight is 211 g/mol. The molecule has 5 heteroatoms. The highest BCUT2D eigenvalue weighted by Crippen LogP contribution is 2.03. The van der Waals surface area contributed by atoms with Gasteiger partial charge < -0.3 is 14.8 Å². The third-order valence-corrected chi connectivity index (χ3v) is 2.26. The van der Waals surface area contributed by atoms with Gasteiger partial charge in [0.2, 0.25) is 0 Å². The molecule has 0 aromatic carbocycles. The van der Waals surface area contributed by atoms with Gasteiger partial charge in [0.15, 0.2) is 11.8 Å². The van der Waals surface area contributed by atoms with Gasteiger partial charge in [0, 0.05) is 0 Å². The highest BCUT2D eigenvalue weighted by atomic mass is 16.5. The number of nitrogens with one attached hydrogen (secondary N) is 1. The third-order valence-electron chi connectivity index (χ3n) is 2.26. The summed E-state index contributed by atoms with van der Waals surface area (Å²) < 4.78 is 10.7. The van der Waals surface area contributed by atoms with Crippen LogP contribution in [0.3, 0.4) is 0 Å². The second-order valence-corrected chi connectivity index (χ2v) is 3.97. The van der Waals surface area contributed by atoms with Crippen molar-refractivity contribution in [1.82, 2.24) is 5.32 Å². The molecule has 5 nitrogen and oxygen atoms in total. The fourth-order valence-corrected chi connectivity index (χ4v) is 1.54. The number of hydrogen-bond donors (Lipinski definition) is 1. The maximum Gasteiger partial charge on any atom is 0.198 e. The lowest BCUT2D eigenvalue weighted by atomic mass is 10.4. The predicted octanol–water partition coefficient (Wildman–Crippen LogP) is 0.210. The molecule has 0 bridgehead atoms. The number of rotatable bonds is 4. The van der Waals surface area contributed by atoms with Gasteiger partial charge in [-0.25, -0.2) is 9.98 Å². The van der Waals surface area contributed by atoms with Gasteiger partial charge in [-0.3, -0.25) is 0 Å². The largest absolute Gasteiger partial charge is 0.478 e. The van der Waals surface area contributed by atoms with Crippen LogP contribution >= 0.6 is 0 Å². The van der Waals surface area contributed by atoms with Crippen LogP contribution in [0.5, 0.6) is 0 Å². The monoisotopic (exact) mass is 211 g/mol. The Hall–Kier alpha value is -1.10. The Labute approximate surface area is 89.6 Å². The van der Waals surface area contributed by atoms with E-state index in [1.807, 2.05) is 13.8 Å². The molecule has 15 heavy (non-hydrogen) atoms. The van der Waals surface area contributed by atoms with Crippen molar-refractivity contribution in [3.63, 3.8) is 0 Å². The summed E-state index contributed by atoms with van der Waals surface area (Å²) in [6.45, 7) is 6.79. The SMILES string of the molecule is C[C@@H]1COC(CNCC2=N[C@H](C)CO2)=N1. The molecule has 1 N–H and O–H groups in total. The number of aliphatic imine (C=N–C) groups is 2. The quantitative estimate of drug-likeness (QED) is 0.723. The molecule has 2 atom stereocenters. The van der Waals surface area contributed by atoms with E-state index in [2.05, 4.69) is 15.3 Å². The second kappa shape index (κ2) is 4.61. The zero-order valence-corrected chi connectivity index (χ0v) is 9.19. The molecule has 0 fully saturated rings. The molecule has 0 spiro atoms. The first-order valence-corrected chi connectivity index (χ1v) is 5.33. The average Bonchev–Trinajstić information content (AvgIpc) is 2.76. The molecule has 0 aromatic heterocycles. The molecule has 84 valence electrons. The zero-order chi connectivity index (χ0) is 10.7. The topological polar surface area (TPSA) is 55.2 Å². The van der Waals surface area contributed by atoms with E-state index in [-0.39, 0.29) is 0 Å². The van der Waals surface area contributed by atoms with Gasteiger partial charge in [-0.05, 0) is 13.8 Å². The Morgan fingerprint density at radius 1 is 1.07 bits per heavy atom. The molecule has 0 aromatic rings. The van der Waals surface area contributed by atoms with Gasteiger partial charge >= 0.3 is 0 Å². The molecular weight excluding hydrogens is 194 g/mol. The van der Waals surface area contributed by atoms with Crippen molar-refractivity contribution < 1.29 is 9.47 Å². The summed E-state index contributed by atoms with van der Waals surface area (Å²) in [6, 6.07) is 0.587. The second-order valence-electron chi connectivity index (χ2n) is 3.97. The molecule has 2 aliphatic rings. The minimum atomic E-state index is 0.293. The van der Waals surface area contributed by atoms with Crippen LogP contribution in [0.4, 0.5) is 0 Å². The van der Waals surface area contributed by atoms with Crippen molar-refractivity contribution in [2.24, 2.45) is 9.98 Å². The van der Waals surface area contributed by atoms with Crippen molar-refractivity contribution in [3.8, 4) is 0 Å². The molecule has 0 radical (unpaired) electrons. The molecule has 0 aliphatic carbocycles. The maximum absolute atomic E-state index is 5.36. The zero-order valence-electron chi connectivity index (χ0n) is 9.19. The molecule has 0 saturated carbocycles. The van der Waals surface area contributed by atoms with E-state index in [0.717, 1.165) is 11.8 Å². The van der Waals surface area contributed by atoms with Crippen molar-refractivity contribution in [1.29, 1.82) is 0 Å². The number of hydrogen-bond acceptors (Lipinski definition) is 5. The smallest absolute Gasteiger partial charge is 0.198 e.